The Bertz CT molecular complexity index is 1010. The number of fused-ring (bicyclic) bond motifs is 1. The molecule has 27 heavy (non-hydrogen) atoms. The molecule has 136 valence electrons. The van der Waals surface area contributed by atoms with Gasteiger partial charge < -0.3 is 10.6 Å². The Morgan fingerprint density at radius 2 is 2.04 bits per heavy atom. The Labute approximate surface area is 160 Å². The number of carbonyl (C=O) groups excluding carboxylic acids is 2. The normalized spacial score (nSPS) is 15.3. The highest BCUT2D eigenvalue weighted by atomic mass is 32.1. The van der Waals surface area contributed by atoms with Gasteiger partial charge in [0.15, 0.2) is 0 Å². The lowest BCUT2D eigenvalue weighted by Crippen LogP contribution is -2.16. The van der Waals surface area contributed by atoms with Crippen LogP contribution >= 0.6 is 11.3 Å². The van der Waals surface area contributed by atoms with Gasteiger partial charge in [0.25, 0.3) is 0 Å². The molecule has 0 radical (unpaired) electrons. The molecule has 0 unspecified atom stereocenters. The molecule has 1 atom stereocenters. The van der Waals surface area contributed by atoms with Crippen LogP contribution in [0.5, 0.6) is 0 Å². The molecule has 4 rings (SSSR count). The number of aryl methyl sites for hydroxylation is 1. The van der Waals surface area contributed by atoms with Crippen molar-refractivity contribution in [2.24, 2.45) is 0 Å². The molecule has 2 heterocycles. The number of anilines is 2. The van der Waals surface area contributed by atoms with Crippen LogP contribution < -0.4 is 10.6 Å². The summed E-state index contributed by atoms with van der Waals surface area (Å²) < 4.78 is 0. The summed E-state index contributed by atoms with van der Waals surface area (Å²) in [5, 5.41) is 15.1. The van der Waals surface area contributed by atoms with Crippen LogP contribution in [0.4, 0.5) is 10.8 Å². The Morgan fingerprint density at radius 3 is 2.89 bits per heavy atom. The van der Waals surface area contributed by atoms with Crippen molar-refractivity contribution in [3.63, 3.8) is 0 Å². The Balaban J connectivity index is 1.37. The number of hydrogen-bond donors (Lipinski definition) is 2. The van der Waals surface area contributed by atoms with Gasteiger partial charge in [0, 0.05) is 17.7 Å². The summed E-state index contributed by atoms with van der Waals surface area (Å²) in [6.07, 6.45) is 0.698. The minimum atomic E-state index is -0.288. The van der Waals surface area contributed by atoms with Crippen molar-refractivity contribution in [1.29, 1.82) is 0 Å². The fraction of sp³-hybridized carbons (Fsp3) is 0.200. The van der Waals surface area contributed by atoms with Gasteiger partial charge in [-0.25, -0.2) is 0 Å². The highest BCUT2D eigenvalue weighted by Crippen LogP contribution is 2.35. The second kappa shape index (κ2) is 7.28. The van der Waals surface area contributed by atoms with Crippen LogP contribution in [0.2, 0.25) is 0 Å². The molecule has 1 aliphatic rings. The molecule has 6 nitrogen and oxygen atoms in total. The smallest absolute Gasteiger partial charge is 0.232 e. The van der Waals surface area contributed by atoms with E-state index in [2.05, 4.69) is 20.8 Å². The number of hydrogen-bond acceptors (Lipinski definition) is 5. The molecule has 0 spiro atoms. The molecule has 0 fully saturated rings. The van der Waals surface area contributed by atoms with Crippen LogP contribution in [0.15, 0.2) is 48.5 Å². The minimum absolute atomic E-state index is 0.0540. The van der Waals surface area contributed by atoms with Crippen LogP contribution in [0.3, 0.4) is 0 Å². The first kappa shape index (κ1) is 17.4. The van der Waals surface area contributed by atoms with Crippen LogP contribution in [-0.4, -0.2) is 22.0 Å². The van der Waals surface area contributed by atoms with Gasteiger partial charge in [-0.2, -0.15) is 0 Å². The molecule has 0 saturated heterocycles. The maximum atomic E-state index is 12.3. The Morgan fingerprint density at radius 1 is 1.19 bits per heavy atom. The third kappa shape index (κ3) is 3.73. The summed E-state index contributed by atoms with van der Waals surface area (Å²) in [6, 6.07) is 15.6. The van der Waals surface area contributed by atoms with Gasteiger partial charge in [0.2, 0.25) is 16.9 Å². The Hall–Kier alpha value is -3.06. The van der Waals surface area contributed by atoms with E-state index in [-0.39, 0.29) is 24.2 Å². The van der Waals surface area contributed by atoms with E-state index < -0.39 is 0 Å². The largest absolute Gasteiger partial charge is 0.325 e. The van der Waals surface area contributed by atoms with E-state index >= 15 is 0 Å². The second-order valence-corrected chi connectivity index (χ2v) is 7.48. The van der Waals surface area contributed by atoms with Crippen LogP contribution in [-0.2, 0) is 9.59 Å². The topological polar surface area (TPSA) is 84.0 Å². The van der Waals surface area contributed by atoms with E-state index in [0.717, 1.165) is 27.4 Å². The van der Waals surface area contributed by atoms with Crippen molar-refractivity contribution in [3.05, 3.63) is 59.7 Å². The van der Waals surface area contributed by atoms with Crippen LogP contribution in [0.25, 0.3) is 10.6 Å². The number of nitrogens with one attached hydrogen (secondary N) is 2. The van der Waals surface area contributed by atoms with Crippen molar-refractivity contribution in [2.75, 3.05) is 10.6 Å². The quantitative estimate of drug-likeness (QED) is 0.704. The summed E-state index contributed by atoms with van der Waals surface area (Å²) in [7, 11) is 0. The first-order valence-corrected chi connectivity index (χ1v) is 9.52. The van der Waals surface area contributed by atoms with E-state index in [9.17, 15) is 9.59 Å². The second-order valence-electron chi connectivity index (χ2n) is 6.50. The summed E-state index contributed by atoms with van der Waals surface area (Å²) in [5.41, 5.74) is 3.91. The zero-order valence-corrected chi connectivity index (χ0v) is 15.5. The number of para-hydroxylation sites is 1. The molecule has 2 aromatic carbocycles. The maximum Gasteiger partial charge on any atom is 0.232 e. The van der Waals surface area contributed by atoms with Crippen molar-refractivity contribution in [1.82, 2.24) is 10.2 Å². The number of benzene rings is 2. The van der Waals surface area contributed by atoms with Crippen molar-refractivity contribution in [2.45, 2.75) is 25.7 Å². The van der Waals surface area contributed by atoms with Gasteiger partial charge >= 0.3 is 0 Å². The van der Waals surface area contributed by atoms with Gasteiger partial charge in [-0.05, 0) is 31.0 Å². The van der Waals surface area contributed by atoms with E-state index in [1.807, 2.05) is 55.5 Å². The van der Waals surface area contributed by atoms with E-state index in [1.165, 1.54) is 11.3 Å². The van der Waals surface area contributed by atoms with Gasteiger partial charge in [0.05, 0.1) is 5.92 Å². The summed E-state index contributed by atoms with van der Waals surface area (Å²) >= 11 is 1.34. The summed E-state index contributed by atoms with van der Waals surface area (Å²) in [4.78, 5) is 24.4. The molecule has 0 aliphatic carbocycles. The lowest BCUT2D eigenvalue weighted by atomic mass is 9.95. The van der Waals surface area contributed by atoms with Crippen molar-refractivity contribution >= 4 is 34.0 Å². The summed E-state index contributed by atoms with van der Waals surface area (Å²) in [5.74, 6) is -0.509. The average Bonchev–Trinajstić information content (AvgIpc) is 3.24. The molecule has 2 N–H and O–H groups in total. The molecule has 0 saturated carbocycles. The third-order valence-electron chi connectivity index (χ3n) is 4.51. The van der Waals surface area contributed by atoms with Gasteiger partial charge in [0.1, 0.15) is 5.01 Å². The zero-order valence-electron chi connectivity index (χ0n) is 14.7. The SMILES string of the molecule is Cc1cccc(-c2nnc(NC(=O)CC[C@@H]3C(=O)Nc4ccccc43)s2)c1. The first-order chi connectivity index (χ1) is 13.1. The number of rotatable bonds is 5. The van der Waals surface area contributed by atoms with E-state index in [4.69, 9.17) is 0 Å². The molecule has 0 bridgehead atoms. The number of aromatic nitrogens is 2. The lowest BCUT2D eigenvalue weighted by molar-refractivity contribution is -0.118. The predicted molar refractivity (Wildman–Crippen MR) is 106 cm³/mol. The van der Waals surface area contributed by atoms with E-state index in [1.54, 1.807) is 0 Å². The highest BCUT2D eigenvalue weighted by Gasteiger charge is 2.30. The van der Waals surface area contributed by atoms with Crippen molar-refractivity contribution < 1.29 is 9.59 Å². The molecule has 2 amide bonds. The average molecular weight is 378 g/mol. The molecule has 1 aliphatic heterocycles. The molecular formula is C20H18N4O2S. The molecule has 7 heteroatoms. The number of amides is 2. The standard InChI is InChI=1S/C20H18N4O2S/c1-12-5-4-6-13(11-12)19-23-24-20(27-19)22-17(25)10-9-15-14-7-2-3-8-16(14)21-18(15)26/h2-8,11,15H,9-10H2,1H3,(H,21,26)(H,22,24,25)/t15-/m0/s1. The van der Waals surface area contributed by atoms with Crippen LogP contribution in [0, 0.1) is 6.92 Å². The van der Waals surface area contributed by atoms with Crippen molar-refractivity contribution in [3.8, 4) is 10.6 Å². The van der Waals surface area contributed by atoms with E-state index in [0.29, 0.717) is 11.6 Å². The molecule has 3 aromatic rings. The number of nitrogens with zero attached hydrogens (tertiary/aromatic N) is 2. The predicted octanol–water partition coefficient (Wildman–Crippen LogP) is 3.97. The van der Waals surface area contributed by atoms with Crippen LogP contribution in [0.1, 0.15) is 29.9 Å². The fourth-order valence-electron chi connectivity index (χ4n) is 3.19. The summed E-state index contributed by atoms with van der Waals surface area (Å²) in [6.45, 7) is 2.02. The minimum Gasteiger partial charge on any atom is -0.325 e. The highest BCUT2D eigenvalue weighted by molar-refractivity contribution is 7.18. The monoisotopic (exact) mass is 378 g/mol. The van der Waals surface area contributed by atoms with Gasteiger partial charge in [-0.15, -0.1) is 10.2 Å². The first-order valence-electron chi connectivity index (χ1n) is 8.70. The third-order valence-corrected chi connectivity index (χ3v) is 5.39. The molecule has 1 aromatic heterocycles. The van der Waals surface area contributed by atoms with Gasteiger partial charge in [-0.1, -0.05) is 53.3 Å². The zero-order chi connectivity index (χ0) is 18.8. The Kier molecular flexibility index (Phi) is 4.68. The molecular weight excluding hydrogens is 360 g/mol. The number of carbonyl (C=O) groups is 2. The lowest BCUT2D eigenvalue weighted by Gasteiger charge is -2.08. The van der Waals surface area contributed by atoms with Gasteiger partial charge in [-0.3, -0.25) is 9.59 Å². The maximum absolute atomic E-state index is 12.3. The fourth-order valence-corrected chi connectivity index (χ4v) is 3.94.